The fourth-order valence-corrected chi connectivity index (χ4v) is 4.47. The summed E-state index contributed by atoms with van der Waals surface area (Å²) in [6.45, 7) is 2.06. The van der Waals surface area contributed by atoms with Crippen molar-refractivity contribution >= 4 is 5.91 Å². The highest BCUT2D eigenvalue weighted by atomic mass is 16.5. The number of hydrogen-bond acceptors (Lipinski definition) is 5. The van der Waals surface area contributed by atoms with E-state index in [4.69, 9.17) is 9.47 Å². The Morgan fingerprint density at radius 1 is 1.14 bits per heavy atom. The number of hydrogen-bond donors (Lipinski definition) is 2. The third kappa shape index (κ3) is 4.54. The summed E-state index contributed by atoms with van der Waals surface area (Å²) in [5, 5.41) is 0. The van der Waals surface area contributed by atoms with E-state index in [1.54, 1.807) is 7.11 Å². The zero-order valence-electron chi connectivity index (χ0n) is 16.8. The molecule has 0 aromatic heterocycles. The smallest absolute Gasteiger partial charge is 0.226 e. The number of hydrazine groups is 1. The second-order valence-electron chi connectivity index (χ2n) is 7.64. The SMILES string of the molecule is COc1cccc(C2CNNC2C2CCCN2C(=O)CCOc2ccccc2)c1. The molecule has 2 aromatic rings. The van der Waals surface area contributed by atoms with Crippen LogP contribution in [0.3, 0.4) is 0 Å². The number of likely N-dealkylation sites (tertiary alicyclic amines) is 1. The molecule has 0 spiro atoms. The lowest BCUT2D eigenvalue weighted by Crippen LogP contribution is -2.50. The second-order valence-corrected chi connectivity index (χ2v) is 7.64. The van der Waals surface area contributed by atoms with E-state index < -0.39 is 0 Å². The van der Waals surface area contributed by atoms with Crippen molar-refractivity contribution in [3.8, 4) is 11.5 Å². The van der Waals surface area contributed by atoms with E-state index in [1.165, 1.54) is 5.56 Å². The molecule has 3 unspecified atom stereocenters. The number of benzene rings is 2. The third-order valence-corrected chi connectivity index (χ3v) is 5.91. The molecule has 1 amide bonds. The molecule has 2 aliphatic rings. The molecule has 0 saturated carbocycles. The molecule has 2 heterocycles. The van der Waals surface area contributed by atoms with Crippen molar-refractivity contribution in [2.45, 2.75) is 37.3 Å². The van der Waals surface area contributed by atoms with Gasteiger partial charge in [-0.2, -0.15) is 0 Å². The summed E-state index contributed by atoms with van der Waals surface area (Å²) in [5.74, 6) is 2.13. The average molecular weight is 396 g/mol. The van der Waals surface area contributed by atoms with Gasteiger partial charge < -0.3 is 14.4 Å². The number of amides is 1. The Balaban J connectivity index is 1.39. The van der Waals surface area contributed by atoms with Crippen molar-refractivity contribution in [2.75, 3.05) is 26.8 Å². The summed E-state index contributed by atoms with van der Waals surface area (Å²) < 4.78 is 11.1. The second kappa shape index (κ2) is 9.29. The summed E-state index contributed by atoms with van der Waals surface area (Å²) in [4.78, 5) is 15.0. The van der Waals surface area contributed by atoms with Crippen LogP contribution in [-0.2, 0) is 4.79 Å². The van der Waals surface area contributed by atoms with Crippen LogP contribution in [0.15, 0.2) is 54.6 Å². The van der Waals surface area contributed by atoms with Crippen LogP contribution >= 0.6 is 0 Å². The first-order chi connectivity index (χ1) is 14.3. The van der Waals surface area contributed by atoms with Crippen molar-refractivity contribution in [1.29, 1.82) is 0 Å². The van der Waals surface area contributed by atoms with Gasteiger partial charge in [-0.1, -0.05) is 30.3 Å². The summed E-state index contributed by atoms with van der Waals surface area (Å²) in [5.41, 5.74) is 7.98. The maximum Gasteiger partial charge on any atom is 0.226 e. The topological polar surface area (TPSA) is 62.8 Å². The van der Waals surface area contributed by atoms with Crippen LogP contribution in [0.1, 0.15) is 30.7 Å². The summed E-state index contributed by atoms with van der Waals surface area (Å²) in [7, 11) is 1.69. The predicted octanol–water partition coefficient (Wildman–Crippen LogP) is 2.72. The number of para-hydroxylation sites is 1. The molecule has 154 valence electrons. The zero-order chi connectivity index (χ0) is 20.1. The number of rotatable bonds is 7. The van der Waals surface area contributed by atoms with E-state index in [-0.39, 0.29) is 18.0 Å². The Labute approximate surface area is 172 Å². The fourth-order valence-electron chi connectivity index (χ4n) is 4.47. The molecule has 6 heteroatoms. The lowest BCUT2D eigenvalue weighted by Gasteiger charge is -2.32. The average Bonchev–Trinajstić information content (AvgIpc) is 3.43. The van der Waals surface area contributed by atoms with E-state index in [9.17, 15) is 4.79 Å². The normalized spacial score (nSPS) is 23.9. The first-order valence-electron chi connectivity index (χ1n) is 10.4. The molecule has 2 saturated heterocycles. The highest BCUT2D eigenvalue weighted by Gasteiger charge is 2.41. The van der Waals surface area contributed by atoms with Gasteiger partial charge >= 0.3 is 0 Å². The van der Waals surface area contributed by atoms with Crippen molar-refractivity contribution in [3.63, 3.8) is 0 Å². The maximum absolute atomic E-state index is 12.9. The van der Waals surface area contributed by atoms with Gasteiger partial charge in [0.25, 0.3) is 0 Å². The molecule has 2 fully saturated rings. The fraction of sp³-hybridized carbons (Fsp3) is 0.435. The van der Waals surface area contributed by atoms with Crippen LogP contribution in [0, 0.1) is 0 Å². The van der Waals surface area contributed by atoms with E-state index >= 15 is 0 Å². The Morgan fingerprint density at radius 3 is 2.79 bits per heavy atom. The summed E-state index contributed by atoms with van der Waals surface area (Å²) >= 11 is 0. The molecular formula is C23H29N3O3. The highest BCUT2D eigenvalue weighted by molar-refractivity contribution is 5.77. The van der Waals surface area contributed by atoms with Crippen molar-refractivity contribution in [3.05, 3.63) is 60.2 Å². The number of nitrogens with one attached hydrogen (secondary N) is 2. The van der Waals surface area contributed by atoms with Gasteiger partial charge in [0.1, 0.15) is 11.5 Å². The van der Waals surface area contributed by atoms with E-state index in [0.29, 0.717) is 18.9 Å². The summed E-state index contributed by atoms with van der Waals surface area (Å²) in [6, 6.07) is 18.3. The minimum absolute atomic E-state index is 0.168. The molecule has 0 aliphatic carbocycles. The first-order valence-corrected chi connectivity index (χ1v) is 10.4. The van der Waals surface area contributed by atoms with Crippen LogP contribution in [0.5, 0.6) is 11.5 Å². The molecule has 3 atom stereocenters. The van der Waals surface area contributed by atoms with Crippen LogP contribution < -0.4 is 20.3 Å². The Hall–Kier alpha value is -2.57. The van der Waals surface area contributed by atoms with Gasteiger partial charge in [-0.25, -0.2) is 0 Å². The van der Waals surface area contributed by atoms with Gasteiger partial charge in [-0.15, -0.1) is 0 Å². The van der Waals surface area contributed by atoms with Crippen molar-refractivity contribution < 1.29 is 14.3 Å². The van der Waals surface area contributed by atoms with E-state index in [0.717, 1.165) is 37.4 Å². The molecule has 29 heavy (non-hydrogen) atoms. The van der Waals surface area contributed by atoms with Gasteiger partial charge in [0.15, 0.2) is 0 Å². The minimum atomic E-state index is 0.168. The molecule has 2 aromatic carbocycles. The Morgan fingerprint density at radius 2 is 1.97 bits per heavy atom. The number of carbonyl (C=O) groups is 1. The number of ether oxygens (including phenoxy) is 2. The number of nitrogens with zero attached hydrogens (tertiary/aromatic N) is 1. The van der Waals surface area contributed by atoms with Gasteiger partial charge in [-0.05, 0) is 42.7 Å². The molecule has 2 N–H and O–H groups in total. The highest BCUT2D eigenvalue weighted by Crippen LogP contribution is 2.32. The summed E-state index contributed by atoms with van der Waals surface area (Å²) in [6.07, 6.45) is 2.46. The lowest BCUT2D eigenvalue weighted by molar-refractivity contribution is -0.133. The Bertz CT molecular complexity index is 814. The monoisotopic (exact) mass is 395 g/mol. The minimum Gasteiger partial charge on any atom is -0.497 e. The molecule has 6 nitrogen and oxygen atoms in total. The Kier molecular flexibility index (Phi) is 6.32. The van der Waals surface area contributed by atoms with E-state index in [1.807, 2.05) is 47.4 Å². The number of methoxy groups -OCH3 is 1. The largest absolute Gasteiger partial charge is 0.497 e. The maximum atomic E-state index is 12.9. The van der Waals surface area contributed by atoms with Crippen LogP contribution in [-0.4, -0.2) is 49.7 Å². The molecule has 0 bridgehead atoms. The van der Waals surface area contributed by atoms with Crippen molar-refractivity contribution in [2.24, 2.45) is 0 Å². The molecule has 0 radical (unpaired) electrons. The number of carbonyl (C=O) groups excluding carboxylic acids is 1. The van der Waals surface area contributed by atoms with Crippen LogP contribution in [0.2, 0.25) is 0 Å². The van der Waals surface area contributed by atoms with Crippen LogP contribution in [0.4, 0.5) is 0 Å². The molecule has 4 rings (SSSR count). The quantitative estimate of drug-likeness (QED) is 0.755. The first kappa shape index (κ1) is 19.7. The van der Waals surface area contributed by atoms with Crippen molar-refractivity contribution in [1.82, 2.24) is 15.8 Å². The standard InChI is InChI=1S/C23H29N3O3/c1-28-19-10-5-7-17(15-19)20-16-24-25-23(20)21-11-6-13-26(21)22(27)12-14-29-18-8-3-2-4-9-18/h2-5,7-10,15,20-21,23-25H,6,11-14,16H2,1H3. The predicted molar refractivity (Wildman–Crippen MR) is 112 cm³/mol. The van der Waals surface area contributed by atoms with Gasteiger partial charge in [0.05, 0.1) is 20.1 Å². The van der Waals surface area contributed by atoms with E-state index in [2.05, 4.69) is 23.0 Å². The molecule has 2 aliphatic heterocycles. The van der Waals surface area contributed by atoms with Gasteiger partial charge in [0, 0.05) is 31.1 Å². The zero-order valence-corrected chi connectivity index (χ0v) is 16.8. The van der Waals surface area contributed by atoms with Gasteiger partial charge in [0.2, 0.25) is 5.91 Å². The molecular weight excluding hydrogens is 366 g/mol. The van der Waals surface area contributed by atoms with Crippen LogP contribution in [0.25, 0.3) is 0 Å². The van der Waals surface area contributed by atoms with Gasteiger partial charge in [-0.3, -0.25) is 15.6 Å². The lowest BCUT2D eigenvalue weighted by atomic mass is 9.87. The third-order valence-electron chi connectivity index (χ3n) is 5.91.